The van der Waals surface area contributed by atoms with Gasteiger partial charge in [-0.25, -0.2) is 0 Å². The third kappa shape index (κ3) is 2.93. The molecule has 0 spiro atoms. The van der Waals surface area contributed by atoms with E-state index in [2.05, 4.69) is 22.5 Å². The number of guanidine groups is 1. The van der Waals surface area contributed by atoms with Crippen molar-refractivity contribution in [2.75, 3.05) is 26.3 Å². The molecule has 2 N–H and O–H groups in total. The molecule has 2 aliphatic rings. The molecule has 0 aliphatic carbocycles. The van der Waals surface area contributed by atoms with Crippen molar-refractivity contribution in [3.05, 3.63) is 22.7 Å². The van der Waals surface area contributed by atoms with Crippen molar-refractivity contribution in [3.8, 4) is 11.5 Å². The lowest BCUT2D eigenvalue weighted by molar-refractivity contribution is 0.171. The molecular weight excluding hydrogens is 278 g/mol. The van der Waals surface area contributed by atoms with E-state index in [9.17, 15) is 0 Å². The maximum atomic E-state index is 6.21. The molecule has 3 rings (SSSR count). The van der Waals surface area contributed by atoms with Crippen LogP contribution in [0.1, 0.15) is 12.5 Å². The summed E-state index contributed by atoms with van der Waals surface area (Å²) in [5, 5.41) is 7.17. The summed E-state index contributed by atoms with van der Waals surface area (Å²) in [6, 6.07) is 4.35. The quantitative estimate of drug-likeness (QED) is 0.889. The number of fused-ring (bicyclic) bond motifs is 1. The fourth-order valence-corrected chi connectivity index (χ4v) is 2.58. The second-order valence-corrected chi connectivity index (χ2v) is 5.42. The van der Waals surface area contributed by atoms with Crippen molar-refractivity contribution >= 4 is 17.6 Å². The van der Waals surface area contributed by atoms with Gasteiger partial charge in [0.25, 0.3) is 0 Å². The van der Waals surface area contributed by atoms with Crippen LogP contribution in [0, 0.1) is 0 Å². The lowest BCUT2D eigenvalue weighted by Crippen LogP contribution is -2.38. The van der Waals surface area contributed by atoms with Crippen molar-refractivity contribution in [2.45, 2.75) is 19.4 Å². The van der Waals surface area contributed by atoms with Gasteiger partial charge in [0.15, 0.2) is 17.5 Å². The number of hydrogen-bond donors (Lipinski definition) is 2. The maximum Gasteiger partial charge on any atom is 0.191 e. The summed E-state index contributed by atoms with van der Waals surface area (Å²) in [6.45, 7) is 4.87. The molecule has 5 nitrogen and oxygen atoms in total. The molecule has 0 bridgehead atoms. The molecule has 6 heteroatoms. The highest BCUT2D eigenvalue weighted by molar-refractivity contribution is 6.32. The normalized spacial score (nSPS) is 20.3. The topological polar surface area (TPSA) is 54.9 Å². The minimum absolute atomic E-state index is 0.418. The van der Waals surface area contributed by atoms with E-state index in [1.165, 1.54) is 0 Å². The average molecular weight is 296 g/mol. The van der Waals surface area contributed by atoms with Crippen LogP contribution in [0.25, 0.3) is 0 Å². The van der Waals surface area contributed by atoms with Gasteiger partial charge >= 0.3 is 0 Å². The number of aliphatic imine (C=N–C) groups is 1. The van der Waals surface area contributed by atoms with E-state index in [1.54, 1.807) is 0 Å². The zero-order chi connectivity index (χ0) is 13.9. The molecule has 0 saturated carbocycles. The summed E-state index contributed by atoms with van der Waals surface area (Å²) in [7, 11) is 0. The van der Waals surface area contributed by atoms with E-state index in [4.69, 9.17) is 21.1 Å². The average Bonchev–Trinajstić information content (AvgIpc) is 2.85. The summed E-state index contributed by atoms with van der Waals surface area (Å²) in [4.78, 5) is 4.36. The number of nitrogens with zero attached hydrogens (tertiary/aromatic N) is 1. The largest absolute Gasteiger partial charge is 0.486 e. The highest BCUT2D eigenvalue weighted by Crippen LogP contribution is 2.38. The van der Waals surface area contributed by atoms with Gasteiger partial charge in [-0.3, -0.25) is 4.99 Å². The highest BCUT2D eigenvalue weighted by Gasteiger charge is 2.17. The molecule has 0 amide bonds. The predicted molar refractivity (Wildman–Crippen MR) is 79.0 cm³/mol. The van der Waals surface area contributed by atoms with Crippen LogP contribution in [0.4, 0.5) is 0 Å². The van der Waals surface area contributed by atoms with Crippen molar-refractivity contribution in [1.82, 2.24) is 10.6 Å². The summed E-state index contributed by atoms with van der Waals surface area (Å²) < 4.78 is 11.1. The molecule has 2 aliphatic heterocycles. The van der Waals surface area contributed by atoms with Crippen LogP contribution in [0.15, 0.2) is 17.1 Å². The van der Waals surface area contributed by atoms with Gasteiger partial charge in [-0.05, 0) is 31.0 Å². The molecular formula is C14H18ClN3O2. The Morgan fingerprint density at radius 3 is 3.05 bits per heavy atom. The number of hydrogen-bond acceptors (Lipinski definition) is 5. The number of ether oxygens (including phenoxy) is 2. The smallest absolute Gasteiger partial charge is 0.191 e. The first kappa shape index (κ1) is 13.4. The van der Waals surface area contributed by atoms with Crippen LogP contribution in [0.3, 0.4) is 0 Å². The first-order valence-corrected chi connectivity index (χ1v) is 7.23. The highest BCUT2D eigenvalue weighted by atomic mass is 35.5. The Morgan fingerprint density at radius 1 is 1.40 bits per heavy atom. The third-order valence-electron chi connectivity index (χ3n) is 3.27. The van der Waals surface area contributed by atoms with Gasteiger partial charge in [0.2, 0.25) is 0 Å². The van der Waals surface area contributed by atoms with Gasteiger partial charge in [0, 0.05) is 12.6 Å². The molecule has 1 atom stereocenters. The maximum absolute atomic E-state index is 6.21. The van der Waals surface area contributed by atoms with E-state index in [0.29, 0.717) is 30.0 Å². The molecule has 1 unspecified atom stereocenters. The Labute approximate surface area is 123 Å². The van der Waals surface area contributed by atoms with Crippen molar-refractivity contribution in [1.29, 1.82) is 0 Å². The number of benzene rings is 1. The fourth-order valence-electron chi connectivity index (χ4n) is 2.29. The second-order valence-electron chi connectivity index (χ2n) is 5.01. The zero-order valence-electron chi connectivity index (χ0n) is 11.4. The van der Waals surface area contributed by atoms with Gasteiger partial charge in [-0.2, -0.15) is 0 Å². The summed E-state index contributed by atoms with van der Waals surface area (Å²) in [6.07, 6.45) is 0.853. The Morgan fingerprint density at radius 2 is 2.25 bits per heavy atom. The van der Waals surface area contributed by atoms with Crippen LogP contribution in [0.2, 0.25) is 5.02 Å². The molecule has 0 radical (unpaired) electrons. The first-order chi connectivity index (χ1) is 9.72. The summed E-state index contributed by atoms with van der Waals surface area (Å²) in [5.74, 6) is 2.27. The molecule has 0 aromatic heterocycles. The van der Waals surface area contributed by atoms with Gasteiger partial charge in [0.1, 0.15) is 13.2 Å². The van der Waals surface area contributed by atoms with Crippen molar-refractivity contribution < 1.29 is 9.47 Å². The monoisotopic (exact) mass is 295 g/mol. The van der Waals surface area contributed by atoms with Crippen molar-refractivity contribution in [2.24, 2.45) is 4.99 Å². The lowest BCUT2D eigenvalue weighted by Gasteiger charge is -2.20. The fraction of sp³-hybridized carbons (Fsp3) is 0.500. The van der Waals surface area contributed by atoms with E-state index < -0.39 is 0 Å². The number of rotatable bonds is 3. The van der Waals surface area contributed by atoms with Gasteiger partial charge in [-0.1, -0.05) is 11.6 Å². The minimum atomic E-state index is 0.418. The number of halogens is 1. The molecule has 0 saturated heterocycles. The van der Waals surface area contributed by atoms with E-state index >= 15 is 0 Å². The Kier molecular flexibility index (Phi) is 3.87. The SMILES string of the molecule is CC1CN=C(NCCc2cc(Cl)c3c(c2)OCCO3)N1. The van der Waals surface area contributed by atoms with Crippen LogP contribution < -0.4 is 20.1 Å². The molecule has 1 aromatic carbocycles. The third-order valence-corrected chi connectivity index (χ3v) is 3.55. The minimum Gasteiger partial charge on any atom is -0.486 e. The molecule has 20 heavy (non-hydrogen) atoms. The van der Waals surface area contributed by atoms with Crippen LogP contribution in [0.5, 0.6) is 11.5 Å². The van der Waals surface area contributed by atoms with Gasteiger partial charge < -0.3 is 20.1 Å². The molecule has 0 fully saturated rings. The summed E-state index contributed by atoms with van der Waals surface area (Å²) in [5.41, 5.74) is 1.12. The summed E-state index contributed by atoms with van der Waals surface area (Å²) >= 11 is 6.21. The van der Waals surface area contributed by atoms with Crippen LogP contribution in [-0.2, 0) is 6.42 Å². The standard InChI is InChI=1S/C14H18ClN3O2/c1-9-8-17-14(18-9)16-3-2-10-6-11(15)13-12(7-10)19-4-5-20-13/h6-7,9H,2-5,8H2,1H3,(H2,16,17,18). The van der Waals surface area contributed by atoms with E-state index in [-0.39, 0.29) is 0 Å². The van der Waals surface area contributed by atoms with Crippen molar-refractivity contribution in [3.63, 3.8) is 0 Å². The first-order valence-electron chi connectivity index (χ1n) is 6.85. The van der Waals surface area contributed by atoms with E-state index in [0.717, 1.165) is 36.8 Å². The Bertz CT molecular complexity index is 533. The molecule has 108 valence electrons. The zero-order valence-corrected chi connectivity index (χ0v) is 12.2. The lowest BCUT2D eigenvalue weighted by atomic mass is 10.1. The number of nitrogens with one attached hydrogen (secondary N) is 2. The van der Waals surface area contributed by atoms with Gasteiger partial charge in [-0.15, -0.1) is 0 Å². The Hall–Kier alpha value is -1.62. The van der Waals surface area contributed by atoms with Crippen LogP contribution >= 0.6 is 11.6 Å². The van der Waals surface area contributed by atoms with E-state index in [1.807, 2.05) is 12.1 Å². The molecule has 1 aromatic rings. The van der Waals surface area contributed by atoms with Crippen LogP contribution in [-0.4, -0.2) is 38.3 Å². The molecule has 2 heterocycles. The Balaban J connectivity index is 1.59. The van der Waals surface area contributed by atoms with Gasteiger partial charge in [0.05, 0.1) is 11.6 Å². The predicted octanol–water partition coefficient (Wildman–Crippen LogP) is 1.59. The second kappa shape index (κ2) is 5.79.